The lowest BCUT2D eigenvalue weighted by molar-refractivity contribution is 0.0988. The molecule has 3 aromatic heterocycles. The highest BCUT2D eigenvalue weighted by atomic mass is 35.5. The third-order valence-electron chi connectivity index (χ3n) is 3.75. The van der Waals surface area contributed by atoms with Crippen molar-refractivity contribution in [2.75, 3.05) is 5.32 Å². The summed E-state index contributed by atoms with van der Waals surface area (Å²) in [6.07, 6.45) is 1.73. The Hall–Kier alpha value is -3.19. The summed E-state index contributed by atoms with van der Waals surface area (Å²) in [5.41, 5.74) is 3.44. The highest BCUT2D eigenvalue weighted by molar-refractivity contribution is 6.33. The minimum atomic E-state index is -0.822. The molecule has 0 atom stereocenters. The Kier molecular flexibility index (Phi) is 3.93. The van der Waals surface area contributed by atoms with Crippen molar-refractivity contribution >= 4 is 34.4 Å². The molecule has 130 valence electrons. The van der Waals surface area contributed by atoms with Crippen LogP contribution < -0.4 is 5.32 Å². The van der Waals surface area contributed by atoms with Gasteiger partial charge >= 0.3 is 0 Å². The molecule has 0 radical (unpaired) electrons. The minimum absolute atomic E-state index is 0.123. The first-order valence-corrected chi connectivity index (χ1v) is 8.06. The number of halogens is 2. The summed E-state index contributed by atoms with van der Waals surface area (Å²) in [7, 11) is 0. The van der Waals surface area contributed by atoms with Gasteiger partial charge in [0.2, 0.25) is 0 Å². The number of H-pyrrole nitrogens is 1. The fourth-order valence-electron chi connectivity index (χ4n) is 2.55. The number of nitrogens with one attached hydrogen (secondary N) is 2. The van der Waals surface area contributed by atoms with Crippen LogP contribution in [0.15, 0.2) is 47.0 Å². The normalized spacial score (nSPS) is 11.0. The first kappa shape index (κ1) is 16.3. The van der Waals surface area contributed by atoms with Crippen LogP contribution in [0.25, 0.3) is 22.6 Å². The molecule has 3 heterocycles. The van der Waals surface area contributed by atoms with Crippen molar-refractivity contribution in [1.82, 2.24) is 15.0 Å². The van der Waals surface area contributed by atoms with E-state index in [2.05, 4.69) is 24.7 Å². The molecule has 0 bridgehead atoms. The van der Waals surface area contributed by atoms with E-state index >= 15 is 0 Å². The average Bonchev–Trinajstić information content (AvgIpc) is 3.22. The average molecular weight is 371 g/mol. The number of nitrogens with zero attached hydrogens (tertiary/aromatic N) is 2. The number of aromatic amines is 1. The number of furan rings is 1. The Morgan fingerprint density at radius 3 is 2.88 bits per heavy atom. The van der Waals surface area contributed by atoms with Crippen LogP contribution in [0.1, 0.15) is 16.1 Å². The van der Waals surface area contributed by atoms with E-state index in [0.717, 1.165) is 17.1 Å². The van der Waals surface area contributed by atoms with Crippen molar-refractivity contribution < 1.29 is 13.6 Å². The lowest BCUT2D eigenvalue weighted by Gasteiger charge is -2.07. The second-order valence-electron chi connectivity index (χ2n) is 5.72. The van der Waals surface area contributed by atoms with E-state index in [1.807, 2.05) is 13.0 Å². The highest BCUT2D eigenvalue weighted by Gasteiger charge is 2.14. The van der Waals surface area contributed by atoms with Gasteiger partial charge in [-0.05, 0) is 42.8 Å². The van der Waals surface area contributed by atoms with Gasteiger partial charge in [-0.15, -0.1) is 0 Å². The molecule has 0 unspecified atom stereocenters. The van der Waals surface area contributed by atoms with Gasteiger partial charge in [0.25, 0.3) is 11.9 Å². The molecule has 1 amide bonds. The predicted molar refractivity (Wildman–Crippen MR) is 95.7 cm³/mol. The Bertz CT molecular complexity index is 1140. The van der Waals surface area contributed by atoms with Gasteiger partial charge in [-0.1, -0.05) is 11.6 Å². The van der Waals surface area contributed by atoms with Crippen molar-refractivity contribution in [2.24, 2.45) is 0 Å². The number of aromatic nitrogens is 3. The van der Waals surface area contributed by atoms with Crippen molar-refractivity contribution in [1.29, 1.82) is 0 Å². The van der Waals surface area contributed by atoms with Crippen LogP contribution in [0.4, 0.5) is 10.1 Å². The monoisotopic (exact) mass is 370 g/mol. The number of rotatable bonds is 3. The van der Waals surface area contributed by atoms with Gasteiger partial charge in [-0.25, -0.2) is 9.97 Å². The maximum atomic E-state index is 12.9. The molecule has 8 heteroatoms. The number of carbonyl (C=O) groups excluding carboxylic acids is 1. The van der Waals surface area contributed by atoms with Gasteiger partial charge in [0.1, 0.15) is 5.82 Å². The molecule has 6 nitrogen and oxygen atoms in total. The van der Waals surface area contributed by atoms with Gasteiger partial charge in [-0.2, -0.15) is 4.39 Å². The third-order valence-corrected chi connectivity index (χ3v) is 4.08. The number of fused-ring (bicyclic) bond motifs is 1. The zero-order valence-corrected chi connectivity index (χ0v) is 14.3. The SMILES string of the molecule is Cc1cnc2nc(-c3cc(NC(=O)c4ccc(F)o4)ccc3Cl)[nH]c2c1. The smallest absolute Gasteiger partial charge is 0.291 e. The standard InChI is InChI=1S/C18H12ClFN4O2/c1-9-6-13-17(21-8-9)24-16(23-13)11-7-10(2-3-12(11)19)22-18(25)14-4-5-15(20)26-14/h2-8H,1H3,(H,22,25)(H,21,23,24). The molecule has 0 aliphatic rings. The molecular weight excluding hydrogens is 359 g/mol. The molecule has 2 N–H and O–H groups in total. The zero-order valence-electron chi connectivity index (χ0n) is 13.5. The second kappa shape index (κ2) is 6.27. The number of pyridine rings is 1. The minimum Gasteiger partial charge on any atom is -0.426 e. The van der Waals surface area contributed by atoms with Crippen LogP contribution in [0.2, 0.25) is 5.02 Å². The van der Waals surface area contributed by atoms with Crippen LogP contribution in [-0.2, 0) is 0 Å². The summed E-state index contributed by atoms with van der Waals surface area (Å²) in [6.45, 7) is 1.94. The summed E-state index contributed by atoms with van der Waals surface area (Å²) in [4.78, 5) is 24.0. The molecule has 0 saturated carbocycles. The van der Waals surface area contributed by atoms with Crippen LogP contribution in [-0.4, -0.2) is 20.9 Å². The largest absolute Gasteiger partial charge is 0.426 e. The van der Waals surface area contributed by atoms with Crippen LogP contribution in [0, 0.1) is 12.9 Å². The van der Waals surface area contributed by atoms with E-state index in [9.17, 15) is 9.18 Å². The maximum Gasteiger partial charge on any atom is 0.291 e. The van der Waals surface area contributed by atoms with Gasteiger partial charge < -0.3 is 14.7 Å². The fourth-order valence-corrected chi connectivity index (χ4v) is 2.75. The summed E-state index contributed by atoms with van der Waals surface area (Å²) < 4.78 is 17.6. The van der Waals surface area contributed by atoms with E-state index in [0.29, 0.717) is 27.7 Å². The highest BCUT2D eigenvalue weighted by Crippen LogP contribution is 2.30. The van der Waals surface area contributed by atoms with E-state index in [1.54, 1.807) is 24.4 Å². The molecule has 0 saturated heterocycles. The molecule has 0 aliphatic heterocycles. The summed E-state index contributed by atoms with van der Waals surface area (Å²) in [6, 6.07) is 8.39. The van der Waals surface area contributed by atoms with Crippen LogP contribution >= 0.6 is 11.6 Å². The summed E-state index contributed by atoms with van der Waals surface area (Å²) in [5.74, 6) is -0.158. The van der Waals surface area contributed by atoms with E-state index < -0.39 is 11.9 Å². The third kappa shape index (κ3) is 3.04. The fraction of sp³-hybridized carbons (Fsp3) is 0.0556. The molecule has 0 spiro atoms. The molecule has 0 fully saturated rings. The van der Waals surface area contributed by atoms with Crippen LogP contribution in [0.3, 0.4) is 0 Å². The number of anilines is 1. The Labute approximate surface area is 152 Å². The van der Waals surface area contributed by atoms with E-state index in [1.165, 1.54) is 6.07 Å². The van der Waals surface area contributed by atoms with Gasteiger partial charge in [-0.3, -0.25) is 4.79 Å². The summed E-state index contributed by atoms with van der Waals surface area (Å²) >= 11 is 6.29. The lowest BCUT2D eigenvalue weighted by Crippen LogP contribution is -2.10. The number of amides is 1. The molecule has 26 heavy (non-hydrogen) atoms. The number of imidazole rings is 1. The number of hydrogen-bond acceptors (Lipinski definition) is 4. The molecule has 0 aliphatic carbocycles. The Balaban J connectivity index is 1.68. The second-order valence-corrected chi connectivity index (χ2v) is 6.13. The topological polar surface area (TPSA) is 83.8 Å². The van der Waals surface area contributed by atoms with Crippen LogP contribution in [0.5, 0.6) is 0 Å². The molecular formula is C18H12ClFN4O2. The quantitative estimate of drug-likeness (QED) is 0.553. The van der Waals surface area contributed by atoms with Crippen molar-refractivity contribution in [2.45, 2.75) is 6.92 Å². The van der Waals surface area contributed by atoms with Gasteiger partial charge in [0.15, 0.2) is 11.4 Å². The number of benzene rings is 1. The van der Waals surface area contributed by atoms with E-state index in [4.69, 9.17) is 11.6 Å². The molecule has 1 aromatic carbocycles. The van der Waals surface area contributed by atoms with Gasteiger partial charge in [0.05, 0.1) is 10.5 Å². The van der Waals surface area contributed by atoms with Gasteiger partial charge in [0, 0.05) is 23.5 Å². The predicted octanol–water partition coefficient (Wildman–Crippen LogP) is 4.57. The first-order chi connectivity index (χ1) is 12.5. The number of hydrogen-bond donors (Lipinski definition) is 2. The van der Waals surface area contributed by atoms with E-state index in [-0.39, 0.29) is 5.76 Å². The van der Waals surface area contributed by atoms with Crippen molar-refractivity contribution in [3.8, 4) is 11.4 Å². The number of aryl methyl sites for hydroxylation is 1. The Morgan fingerprint density at radius 2 is 2.12 bits per heavy atom. The zero-order chi connectivity index (χ0) is 18.3. The number of carbonyl (C=O) groups is 1. The first-order valence-electron chi connectivity index (χ1n) is 7.68. The molecule has 4 rings (SSSR count). The van der Waals surface area contributed by atoms with Crippen molar-refractivity contribution in [3.63, 3.8) is 0 Å². The Morgan fingerprint density at radius 1 is 1.27 bits per heavy atom. The lowest BCUT2D eigenvalue weighted by atomic mass is 10.2. The summed E-state index contributed by atoms with van der Waals surface area (Å²) in [5, 5.41) is 3.10. The van der Waals surface area contributed by atoms with Crippen molar-refractivity contribution in [3.05, 3.63) is 65.0 Å². The maximum absolute atomic E-state index is 12.9. The molecule has 4 aromatic rings.